The highest BCUT2D eigenvalue weighted by Crippen LogP contribution is 2.33. The van der Waals surface area contributed by atoms with Crippen molar-refractivity contribution >= 4 is 40.0 Å². The van der Waals surface area contributed by atoms with Crippen molar-refractivity contribution in [2.45, 2.75) is 0 Å². The summed E-state index contributed by atoms with van der Waals surface area (Å²) in [7, 11) is 0. The van der Waals surface area contributed by atoms with Crippen LogP contribution >= 0.6 is 12.2 Å². The van der Waals surface area contributed by atoms with Crippen LogP contribution in [0, 0.1) is 34.9 Å². The molecule has 168 valence electrons. The highest BCUT2D eigenvalue weighted by atomic mass is 32.1. The molecule has 0 unspecified atom stereocenters. The first-order valence-corrected chi connectivity index (χ1v) is 9.37. The minimum atomic E-state index is -2.30. The maximum absolute atomic E-state index is 14.0. The smallest absolute Gasteiger partial charge is 0.257 e. The Morgan fingerprint density at radius 3 is 2.21 bits per heavy atom. The third kappa shape index (κ3) is 4.24. The lowest BCUT2D eigenvalue weighted by molar-refractivity contribution is 0.0977. The summed E-state index contributed by atoms with van der Waals surface area (Å²) < 4.78 is 86.7. The number of nitrogens with zero attached hydrogens (tertiary/aromatic N) is 1. The Labute approximate surface area is 186 Å². The van der Waals surface area contributed by atoms with Crippen molar-refractivity contribution in [2.75, 3.05) is 5.32 Å². The largest absolute Gasteiger partial charge is 0.436 e. The Hall–Kier alpha value is -3.93. The molecule has 0 aliphatic carbocycles. The normalized spacial score (nSPS) is 11.0. The zero-order valence-electron chi connectivity index (χ0n) is 16.0. The van der Waals surface area contributed by atoms with Crippen LogP contribution in [0.4, 0.5) is 32.0 Å². The fourth-order valence-electron chi connectivity index (χ4n) is 2.87. The summed E-state index contributed by atoms with van der Waals surface area (Å²) in [5.41, 5.74) is -1.05. The van der Waals surface area contributed by atoms with Crippen LogP contribution in [0.25, 0.3) is 22.6 Å². The van der Waals surface area contributed by atoms with Gasteiger partial charge in [0.2, 0.25) is 11.7 Å². The van der Waals surface area contributed by atoms with E-state index in [9.17, 15) is 31.1 Å². The Bertz CT molecular complexity index is 1410. The number of carbonyl (C=O) groups excluding carboxylic acids is 1. The second kappa shape index (κ2) is 8.54. The summed E-state index contributed by atoms with van der Waals surface area (Å²) in [4.78, 5) is 15.9. The molecule has 0 saturated carbocycles. The Morgan fingerprint density at radius 2 is 1.55 bits per heavy atom. The zero-order chi connectivity index (χ0) is 23.9. The fourth-order valence-corrected chi connectivity index (χ4v) is 3.08. The van der Waals surface area contributed by atoms with Gasteiger partial charge in [0, 0.05) is 11.3 Å². The van der Waals surface area contributed by atoms with Crippen molar-refractivity contribution in [3.63, 3.8) is 0 Å². The number of oxazole rings is 1. The van der Waals surface area contributed by atoms with Crippen molar-refractivity contribution in [2.24, 2.45) is 0 Å². The predicted octanol–water partition coefficient (Wildman–Crippen LogP) is 5.46. The molecule has 0 radical (unpaired) electrons. The number of carbonyl (C=O) groups is 1. The van der Waals surface area contributed by atoms with Gasteiger partial charge in [-0.05, 0) is 48.6 Å². The van der Waals surface area contributed by atoms with Crippen LogP contribution in [-0.4, -0.2) is 16.0 Å². The summed E-state index contributed by atoms with van der Waals surface area (Å²) in [6.45, 7) is 0. The number of benzene rings is 3. The third-order valence-electron chi connectivity index (χ3n) is 4.38. The summed E-state index contributed by atoms with van der Waals surface area (Å²) in [5.74, 6) is -12.8. The Kier molecular flexibility index (Phi) is 5.77. The highest BCUT2D eigenvalue weighted by Gasteiger charge is 2.29. The number of nitrogens with one attached hydrogen (secondary N) is 2. The fraction of sp³-hybridized carbons (Fsp3) is 0. The van der Waals surface area contributed by atoms with E-state index in [0.717, 1.165) is 6.07 Å². The second-order valence-corrected chi connectivity index (χ2v) is 6.97. The molecule has 3 aromatic carbocycles. The second-order valence-electron chi connectivity index (χ2n) is 6.57. The predicted molar refractivity (Wildman–Crippen MR) is 109 cm³/mol. The molecular weight excluding hydrogens is 472 g/mol. The van der Waals surface area contributed by atoms with Gasteiger partial charge in [-0.25, -0.2) is 31.3 Å². The SMILES string of the molecule is O=C(NC(=S)Nc1ccc2oc(-c3c(F)c(F)c(F)c(F)c3F)nc2c1)c1cccc(F)c1. The van der Waals surface area contributed by atoms with Crippen LogP contribution in [0.1, 0.15) is 10.4 Å². The number of fused-ring (bicyclic) bond motifs is 1. The zero-order valence-corrected chi connectivity index (χ0v) is 16.8. The van der Waals surface area contributed by atoms with Gasteiger partial charge in [0.15, 0.2) is 34.0 Å². The first-order valence-electron chi connectivity index (χ1n) is 8.96. The molecule has 0 fully saturated rings. The number of hydrogen-bond acceptors (Lipinski definition) is 4. The summed E-state index contributed by atoms with van der Waals surface area (Å²) in [5, 5.41) is 4.83. The van der Waals surface area contributed by atoms with Gasteiger partial charge in [0.1, 0.15) is 16.9 Å². The van der Waals surface area contributed by atoms with Crippen LogP contribution in [0.15, 0.2) is 46.9 Å². The average molecular weight is 481 g/mol. The van der Waals surface area contributed by atoms with Gasteiger partial charge in [-0.2, -0.15) is 0 Å². The third-order valence-corrected chi connectivity index (χ3v) is 4.59. The van der Waals surface area contributed by atoms with Gasteiger partial charge in [-0.15, -0.1) is 0 Å². The van der Waals surface area contributed by atoms with E-state index < -0.39 is 52.3 Å². The van der Waals surface area contributed by atoms with E-state index in [0.29, 0.717) is 0 Å². The lowest BCUT2D eigenvalue weighted by Crippen LogP contribution is -2.34. The van der Waals surface area contributed by atoms with E-state index in [2.05, 4.69) is 15.6 Å². The van der Waals surface area contributed by atoms with E-state index in [1.54, 1.807) is 0 Å². The van der Waals surface area contributed by atoms with Crippen LogP contribution in [0.3, 0.4) is 0 Å². The van der Waals surface area contributed by atoms with Crippen LogP contribution in [0.2, 0.25) is 0 Å². The van der Waals surface area contributed by atoms with Gasteiger partial charge < -0.3 is 9.73 Å². The standard InChI is InChI=1S/C21H9F6N3O2S/c22-9-3-1-2-8(6-9)19(31)30-21(33)28-10-4-5-12-11(7-10)29-20(32-12)13-14(23)16(25)18(27)17(26)15(13)24/h1-7H,(H2,28,30,31,33). The van der Waals surface area contributed by atoms with Crippen molar-refractivity contribution in [3.8, 4) is 11.5 Å². The Balaban J connectivity index is 1.58. The van der Waals surface area contributed by atoms with Crippen LogP contribution < -0.4 is 10.6 Å². The first kappa shape index (κ1) is 22.3. The van der Waals surface area contributed by atoms with E-state index >= 15 is 0 Å². The maximum atomic E-state index is 14.0. The minimum Gasteiger partial charge on any atom is -0.436 e. The van der Waals surface area contributed by atoms with Gasteiger partial charge >= 0.3 is 0 Å². The van der Waals surface area contributed by atoms with Crippen molar-refractivity contribution in [1.29, 1.82) is 0 Å². The first-order chi connectivity index (χ1) is 15.7. The van der Waals surface area contributed by atoms with Crippen molar-refractivity contribution < 1.29 is 35.6 Å². The molecule has 2 N–H and O–H groups in total. The molecule has 0 atom stereocenters. The number of halogens is 6. The lowest BCUT2D eigenvalue weighted by atomic mass is 10.1. The van der Waals surface area contributed by atoms with Crippen LogP contribution in [-0.2, 0) is 0 Å². The number of aromatic nitrogens is 1. The molecule has 33 heavy (non-hydrogen) atoms. The summed E-state index contributed by atoms with van der Waals surface area (Å²) >= 11 is 5.03. The average Bonchev–Trinajstić information content (AvgIpc) is 3.19. The van der Waals surface area contributed by atoms with Crippen molar-refractivity contribution in [3.05, 3.63) is 82.9 Å². The van der Waals surface area contributed by atoms with E-state index in [-0.39, 0.29) is 27.5 Å². The molecule has 0 saturated heterocycles. The van der Waals surface area contributed by atoms with E-state index in [4.69, 9.17) is 16.6 Å². The number of hydrogen-bond donors (Lipinski definition) is 2. The molecule has 0 spiro atoms. The number of rotatable bonds is 3. The molecule has 5 nitrogen and oxygen atoms in total. The molecule has 0 aliphatic rings. The molecule has 0 bridgehead atoms. The summed E-state index contributed by atoms with van der Waals surface area (Å²) in [6.07, 6.45) is 0. The number of thiocarbonyl (C=S) groups is 1. The number of anilines is 1. The number of amides is 1. The maximum Gasteiger partial charge on any atom is 0.257 e. The Morgan fingerprint density at radius 1 is 0.879 bits per heavy atom. The van der Waals surface area contributed by atoms with Gasteiger partial charge in [-0.1, -0.05) is 6.07 Å². The van der Waals surface area contributed by atoms with Gasteiger partial charge in [0.05, 0.1) is 0 Å². The molecular formula is C21H9F6N3O2S. The molecule has 1 amide bonds. The monoisotopic (exact) mass is 481 g/mol. The molecule has 1 heterocycles. The molecule has 4 aromatic rings. The molecule has 1 aromatic heterocycles. The van der Waals surface area contributed by atoms with Crippen molar-refractivity contribution in [1.82, 2.24) is 10.3 Å². The summed E-state index contributed by atoms with van der Waals surface area (Å²) in [6, 6.07) is 8.91. The van der Waals surface area contributed by atoms with Gasteiger partial charge in [-0.3, -0.25) is 10.1 Å². The van der Waals surface area contributed by atoms with Crippen LogP contribution in [0.5, 0.6) is 0 Å². The van der Waals surface area contributed by atoms with E-state index in [1.807, 2.05) is 0 Å². The molecule has 12 heteroatoms. The highest BCUT2D eigenvalue weighted by molar-refractivity contribution is 7.80. The lowest BCUT2D eigenvalue weighted by Gasteiger charge is -2.09. The minimum absolute atomic E-state index is 0.00167. The van der Waals surface area contributed by atoms with Gasteiger partial charge in [0.25, 0.3) is 5.91 Å². The quantitative estimate of drug-likeness (QED) is 0.176. The topological polar surface area (TPSA) is 67.2 Å². The molecule has 0 aliphatic heterocycles. The molecule has 4 rings (SSSR count). The van der Waals surface area contributed by atoms with E-state index in [1.165, 1.54) is 36.4 Å².